The molecule has 0 fully saturated rings. The summed E-state index contributed by atoms with van der Waals surface area (Å²) in [4.78, 5) is 5.24. The van der Waals surface area contributed by atoms with Crippen LogP contribution in [0.2, 0.25) is 0 Å². The highest BCUT2D eigenvalue weighted by molar-refractivity contribution is 6.94. The van der Waals surface area contributed by atoms with Crippen LogP contribution in [0.3, 0.4) is 0 Å². The molecule has 0 spiro atoms. The number of para-hydroxylation sites is 1. The van der Waals surface area contributed by atoms with Gasteiger partial charge in [-0.05, 0) is 131 Å². The van der Waals surface area contributed by atoms with E-state index in [0.29, 0.717) is 0 Å². The number of hydrogen-bond donors (Lipinski definition) is 0. The van der Waals surface area contributed by atoms with Gasteiger partial charge in [0.1, 0.15) is 5.58 Å². The van der Waals surface area contributed by atoms with E-state index in [9.17, 15) is 0 Å². The number of anilines is 5. The fourth-order valence-electron chi connectivity index (χ4n) is 13.0. The molecule has 4 aliphatic rings. The van der Waals surface area contributed by atoms with E-state index in [0.717, 1.165) is 39.0 Å². The standard InChI is InChI=1S/C64H45BN2O/c1-63(2)51-23-13-10-20-44(51)46-32-31-42(34-53(46)63)66-57-37-54-48(45-21-11-14-24-52(45)64(54,3)4)36-55(57)65-60-50(35-49-47-22-12-15-25-58(47)68-62(49)61(60)66)59-43-19-9-8-18-40(43)28-33-56(59)67(65)41-29-26-39(27-30-41)38-16-6-5-7-17-38/h5-37H,1-4H3. The van der Waals surface area contributed by atoms with Gasteiger partial charge in [-0.2, -0.15) is 0 Å². The molecular weight excluding hydrogens is 824 g/mol. The van der Waals surface area contributed by atoms with Gasteiger partial charge in [0.2, 0.25) is 0 Å². The van der Waals surface area contributed by atoms with Crippen LogP contribution in [0.1, 0.15) is 49.9 Å². The smallest absolute Gasteiger partial charge is 0.333 e. The summed E-state index contributed by atoms with van der Waals surface area (Å²) in [7, 11) is 0. The van der Waals surface area contributed by atoms with Crippen molar-refractivity contribution in [1.82, 2.24) is 0 Å². The molecule has 0 saturated heterocycles. The zero-order valence-corrected chi connectivity index (χ0v) is 38.4. The lowest BCUT2D eigenvalue weighted by Gasteiger charge is -2.46. The maximum atomic E-state index is 7.28. The Morgan fingerprint density at radius 1 is 0.426 bits per heavy atom. The molecule has 320 valence electrons. The molecule has 10 aromatic carbocycles. The summed E-state index contributed by atoms with van der Waals surface area (Å²) in [5.74, 6) is 0. The normalized spacial score (nSPS) is 15.2. The molecule has 0 bridgehead atoms. The van der Waals surface area contributed by atoms with Gasteiger partial charge < -0.3 is 14.1 Å². The van der Waals surface area contributed by atoms with Crippen molar-refractivity contribution in [2.45, 2.75) is 38.5 Å². The quantitative estimate of drug-likeness (QED) is 0.165. The summed E-state index contributed by atoms with van der Waals surface area (Å²) in [6, 6.07) is 75.1. The number of fused-ring (bicyclic) bond motifs is 16. The number of hydrogen-bond acceptors (Lipinski definition) is 3. The lowest BCUT2D eigenvalue weighted by atomic mass is 9.43. The van der Waals surface area contributed by atoms with Gasteiger partial charge in [-0.1, -0.05) is 179 Å². The van der Waals surface area contributed by atoms with E-state index in [1.165, 1.54) is 99.8 Å². The van der Waals surface area contributed by atoms with E-state index in [1.54, 1.807) is 0 Å². The predicted octanol–water partition coefficient (Wildman–Crippen LogP) is 15.7. The third-order valence-electron chi connectivity index (χ3n) is 16.2. The molecule has 0 radical (unpaired) electrons. The van der Waals surface area contributed by atoms with Crippen molar-refractivity contribution < 1.29 is 4.42 Å². The van der Waals surface area contributed by atoms with Gasteiger partial charge in [-0.3, -0.25) is 0 Å². The summed E-state index contributed by atoms with van der Waals surface area (Å²) < 4.78 is 7.28. The van der Waals surface area contributed by atoms with Crippen LogP contribution in [0.4, 0.5) is 28.4 Å². The Labute approximate surface area is 396 Å². The van der Waals surface area contributed by atoms with Crippen molar-refractivity contribution in [3.8, 4) is 44.5 Å². The van der Waals surface area contributed by atoms with Crippen LogP contribution in [0.5, 0.6) is 0 Å². The van der Waals surface area contributed by atoms with Crippen LogP contribution in [-0.4, -0.2) is 6.85 Å². The van der Waals surface area contributed by atoms with Crippen LogP contribution < -0.4 is 20.6 Å². The Morgan fingerprint density at radius 3 is 1.82 bits per heavy atom. The molecule has 0 atom stereocenters. The second-order valence-electron chi connectivity index (χ2n) is 20.4. The van der Waals surface area contributed by atoms with E-state index in [-0.39, 0.29) is 17.7 Å². The highest BCUT2D eigenvalue weighted by Crippen LogP contribution is 2.57. The van der Waals surface area contributed by atoms with Crippen LogP contribution in [0, 0.1) is 0 Å². The summed E-state index contributed by atoms with van der Waals surface area (Å²) in [5.41, 5.74) is 25.3. The third-order valence-corrected chi connectivity index (χ3v) is 16.2. The van der Waals surface area contributed by atoms with Crippen molar-refractivity contribution >= 4 is 78.9 Å². The van der Waals surface area contributed by atoms with E-state index in [4.69, 9.17) is 4.42 Å². The molecule has 2 aliphatic carbocycles. The molecule has 4 heteroatoms. The van der Waals surface area contributed by atoms with E-state index < -0.39 is 0 Å². The summed E-state index contributed by atoms with van der Waals surface area (Å²) >= 11 is 0. The Kier molecular flexibility index (Phi) is 7.45. The summed E-state index contributed by atoms with van der Waals surface area (Å²) in [5, 5.41) is 4.72. The highest BCUT2D eigenvalue weighted by Gasteiger charge is 2.49. The second kappa shape index (κ2) is 13.3. The minimum absolute atomic E-state index is 0.184. The molecule has 2 aliphatic heterocycles. The molecule has 3 heterocycles. The van der Waals surface area contributed by atoms with Crippen molar-refractivity contribution in [2.24, 2.45) is 0 Å². The summed E-state index contributed by atoms with van der Waals surface area (Å²) in [6.45, 7) is 9.38. The van der Waals surface area contributed by atoms with Gasteiger partial charge >= 0.3 is 6.85 Å². The molecule has 68 heavy (non-hydrogen) atoms. The number of furan rings is 1. The first-order valence-electron chi connectivity index (χ1n) is 24.0. The van der Waals surface area contributed by atoms with Crippen LogP contribution in [0.25, 0.3) is 77.2 Å². The first-order valence-corrected chi connectivity index (χ1v) is 24.0. The third kappa shape index (κ3) is 4.89. The topological polar surface area (TPSA) is 19.6 Å². The maximum absolute atomic E-state index is 7.28. The number of benzene rings is 10. The van der Waals surface area contributed by atoms with Gasteiger partial charge in [-0.15, -0.1) is 0 Å². The first kappa shape index (κ1) is 38.1. The molecule has 15 rings (SSSR count). The lowest BCUT2D eigenvalue weighted by molar-refractivity contribution is 0.660. The van der Waals surface area contributed by atoms with Crippen molar-refractivity contribution in [3.63, 3.8) is 0 Å². The van der Waals surface area contributed by atoms with E-state index in [1.807, 2.05) is 0 Å². The SMILES string of the molecule is CC1(C)c2ccccc2-c2ccc(N3c4cc5c(cc4B4c6c(cc7c(oc8ccccc87)c63)-c3c(ccc6ccccc36)N4c3ccc(-c4ccccc4)cc3)-c3ccccc3C5(C)C)cc21. The largest absolute Gasteiger partial charge is 0.454 e. The molecule has 0 N–H and O–H groups in total. The number of nitrogens with zero attached hydrogens (tertiary/aromatic N) is 2. The van der Waals surface area contributed by atoms with Crippen molar-refractivity contribution in [1.29, 1.82) is 0 Å². The monoisotopic (exact) mass is 868 g/mol. The first-order chi connectivity index (χ1) is 33.3. The van der Waals surface area contributed by atoms with Gasteiger partial charge in [0, 0.05) is 49.9 Å². The fourth-order valence-corrected chi connectivity index (χ4v) is 13.0. The molecular formula is C64H45BN2O. The van der Waals surface area contributed by atoms with Gasteiger partial charge in [0.15, 0.2) is 5.58 Å². The zero-order chi connectivity index (χ0) is 45.2. The van der Waals surface area contributed by atoms with Crippen LogP contribution in [-0.2, 0) is 10.8 Å². The lowest BCUT2D eigenvalue weighted by Crippen LogP contribution is -2.61. The Balaban J connectivity index is 1.10. The van der Waals surface area contributed by atoms with E-state index >= 15 is 0 Å². The second-order valence-corrected chi connectivity index (χ2v) is 20.4. The van der Waals surface area contributed by atoms with Crippen LogP contribution in [0.15, 0.2) is 205 Å². The molecule has 3 nitrogen and oxygen atoms in total. The maximum Gasteiger partial charge on any atom is 0.333 e. The average molecular weight is 869 g/mol. The molecule has 11 aromatic rings. The average Bonchev–Trinajstić information content (AvgIpc) is 3.95. The van der Waals surface area contributed by atoms with Gasteiger partial charge in [0.05, 0.1) is 5.69 Å². The highest BCUT2D eigenvalue weighted by atomic mass is 16.3. The summed E-state index contributed by atoms with van der Waals surface area (Å²) in [6.07, 6.45) is 0. The molecule has 0 unspecified atom stereocenters. The molecule has 0 amide bonds. The van der Waals surface area contributed by atoms with E-state index in [2.05, 4.69) is 238 Å². The predicted molar refractivity (Wildman–Crippen MR) is 286 cm³/mol. The minimum atomic E-state index is -0.212. The van der Waals surface area contributed by atoms with Crippen LogP contribution >= 0.6 is 0 Å². The Bertz CT molecular complexity index is 3990. The molecule has 0 saturated carbocycles. The van der Waals surface area contributed by atoms with Crippen molar-refractivity contribution in [3.05, 3.63) is 222 Å². The minimum Gasteiger partial charge on any atom is -0.454 e. The van der Waals surface area contributed by atoms with Crippen molar-refractivity contribution in [2.75, 3.05) is 9.71 Å². The molecule has 1 aromatic heterocycles. The number of rotatable bonds is 3. The van der Waals surface area contributed by atoms with Gasteiger partial charge in [-0.25, -0.2) is 0 Å². The fraction of sp³-hybridized carbons (Fsp3) is 0.0938. The Hall–Kier alpha value is -8.08. The Morgan fingerprint density at radius 2 is 1.04 bits per heavy atom. The zero-order valence-electron chi connectivity index (χ0n) is 38.4. The van der Waals surface area contributed by atoms with Gasteiger partial charge in [0.25, 0.3) is 0 Å².